The van der Waals surface area contributed by atoms with Gasteiger partial charge < -0.3 is 11.1 Å². The fourth-order valence-electron chi connectivity index (χ4n) is 2.36. The van der Waals surface area contributed by atoms with E-state index < -0.39 is 5.91 Å². The Morgan fingerprint density at radius 3 is 2.60 bits per heavy atom. The lowest BCUT2D eigenvalue weighted by Gasteiger charge is -2.09. The standard InChI is InChI=1S/C20H18N4O/c1-13(2)14-7-6-8-15(11-14)17-12-22-19(21)18(24-17)20(25)23-16-9-4-3-5-10-16/h3-12H,1H2,2H3,(H2,21,22)(H,23,25). The SMILES string of the molecule is C=C(C)c1cccc(-c2cnc(N)c(C(=O)Nc3ccccc3)n2)c1. The fourth-order valence-corrected chi connectivity index (χ4v) is 2.36. The summed E-state index contributed by atoms with van der Waals surface area (Å²) in [7, 11) is 0. The minimum atomic E-state index is -0.394. The molecule has 0 atom stereocenters. The van der Waals surface area contributed by atoms with Gasteiger partial charge in [-0.25, -0.2) is 9.97 Å². The topological polar surface area (TPSA) is 80.9 Å². The van der Waals surface area contributed by atoms with Gasteiger partial charge in [-0.3, -0.25) is 4.79 Å². The van der Waals surface area contributed by atoms with Crippen LogP contribution in [0.5, 0.6) is 0 Å². The molecule has 25 heavy (non-hydrogen) atoms. The molecule has 0 aliphatic heterocycles. The maximum Gasteiger partial charge on any atom is 0.278 e. The Morgan fingerprint density at radius 1 is 1.12 bits per heavy atom. The Balaban J connectivity index is 1.94. The lowest BCUT2D eigenvalue weighted by molar-refractivity contribution is 0.102. The zero-order valence-electron chi connectivity index (χ0n) is 13.9. The summed E-state index contributed by atoms with van der Waals surface area (Å²) < 4.78 is 0. The van der Waals surface area contributed by atoms with E-state index in [-0.39, 0.29) is 11.5 Å². The van der Waals surface area contributed by atoms with Gasteiger partial charge >= 0.3 is 0 Å². The molecule has 5 nitrogen and oxygen atoms in total. The van der Waals surface area contributed by atoms with E-state index in [0.29, 0.717) is 11.4 Å². The number of amides is 1. The summed E-state index contributed by atoms with van der Waals surface area (Å²) in [5, 5.41) is 2.77. The number of hydrogen-bond donors (Lipinski definition) is 2. The number of para-hydroxylation sites is 1. The maximum atomic E-state index is 12.5. The third-order valence-electron chi connectivity index (χ3n) is 3.70. The van der Waals surface area contributed by atoms with Gasteiger partial charge in [-0.15, -0.1) is 0 Å². The van der Waals surface area contributed by atoms with Gasteiger partial charge in [-0.05, 0) is 30.7 Å². The van der Waals surface area contributed by atoms with Gasteiger partial charge in [0.05, 0.1) is 11.9 Å². The predicted octanol–water partition coefficient (Wildman–Crippen LogP) is 4.01. The van der Waals surface area contributed by atoms with E-state index >= 15 is 0 Å². The van der Waals surface area contributed by atoms with E-state index in [0.717, 1.165) is 16.7 Å². The third-order valence-corrected chi connectivity index (χ3v) is 3.70. The maximum absolute atomic E-state index is 12.5. The molecule has 0 aliphatic carbocycles. The van der Waals surface area contributed by atoms with Crippen molar-refractivity contribution < 1.29 is 4.79 Å². The van der Waals surface area contributed by atoms with Crippen molar-refractivity contribution in [1.82, 2.24) is 9.97 Å². The summed E-state index contributed by atoms with van der Waals surface area (Å²) >= 11 is 0. The van der Waals surface area contributed by atoms with Crippen LogP contribution in [0.25, 0.3) is 16.8 Å². The Bertz CT molecular complexity index is 935. The molecule has 1 heterocycles. The number of hydrogen-bond acceptors (Lipinski definition) is 4. The number of nitrogens with zero attached hydrogens (tertiary/aromatic N) is 2. The van der Waals surface area contributed by atoms with Gasteiger partial charge in [0.25, 0.3) is 5.91 Å². The van der Waals surface area contributed by atoms with Crippen LogP contribution in [0.2, 0.25) is 0 Å². The highest BCUT2D eigenvalue weighted by molar-refractivity contribution is 6.05. The summed E-state index contributed by atoms with van der Waals surface area (Å²) in [5.74, 6) is -0.303. The molecule has 124 valence electrons. The molecule has 0 bridgehead atoms. The number of nitrogens with two attached hydrogens (primary N) is 1. The van der Waals surface area contributed by atoms with E-state index in [1.54, 1.807) is 18.3 Å². The van der Waals surface area contributed by atoms with E-state index in [1.807, 2.05) is 49.4 Å². The second kappa shape index (κ2) is 6.97. The summed E-state index contributed by atoms with van der Waals surface area (Å²) in [5.41, 5.74) is 10.0. The number of carbonyl (C=O) groups excluding carboxylic acids is 1. The van der Waals surface area contributed by atoms with Crippen molar-refractivity contribution in [3.63, 3.8) is 0 Å². The van der Waals surface area contributed by atoms with Gasteiger partial charge in [-0.2, -0.15) is 0 Å². The molecule has 0 saturated carbocycles. The molecule has 0 radical (unpaired) electrons. The van der Waals surface area contributed by atoms with E-state index in [9.17, 15) is 4.79 Å². The first-order valence-corrected chi connectivity index (χ1v) is 7.80. The minimum Gasteiger partial charge on any atom is -0.382 e. The minimum absolute atomic E-state index is 0.0910. The molecule has 5 heteroatoms. The molecule has 0 spiro atoms. The molecule has 0 unspecified atom stereocenters. The van der Waals surface area contributed by atoms with Crippen LogP contribution in [0.1, 0.15) is 23.0 Å². The van der Waals surface area contributed by atoms with Gasteiger partial charge in [0, 0.05) is 11.3 Å². The molecule has 1 aromatic heterocycles. The van der Waals surface area contributed by atoms with Crippen molar-refractivity contribution in [2.24, 2.45) is 0 Å². The lowest BCUT2D eigenvalue weighted by atomic mass is 10.0. The van der Waals surface area contributed by atoms with Crippen LogP contribution in [0.3, 0.4) is 0 Å². The number of carbonyl (C=O) groups is 1. The average Bonchev–Trinajstić information content (AvgIpc) is 2.63. The number of rotatable bonds is 4. The number of anilines is 2. The second-order valence-electron chi connectivity index (χ2n) is 5.67. The Morgan fingerprint density at radius 2 is 1.88 bits per heavy atom. The van der Waals surface area contributed by atoms with Gasteiger partial charge in [0.15, 0.2) is 11.5 Å². The summed E-state index contributed by atoms with van der Waals surface area (Å²) in [4.78, 5) is 21.0. The highest BCUT2D eigenvalue weighted by Gasteiger charge is 2.15. The highest BCUT2D eigenvalue weighted by atomic mass is 16.1. The second-order valence-corrected chi connectivity index (χ2v) is 5.67. The largest absolute Gasteiger partial charge is 0.382 e. The van der Waals surface area contributed by atoms with Crippen molar-refractivity contribution in [1.29, 1.82) is 0 Å². The zero-order chi connectivity index (χ0) is 17.8. The van der Waals surface area contributed by atoms with E-state index in [2.05, 4.69) is 21.9 Å². The van der Waals surface area contributed by atoms with Crippen LogP contribution in [0, 0.1) is 0 Å². The third kappa shape index (κ3) is 3.72. The van der Waals surface area contributed by atoms with E-state index in [4.69, 9.17) is 5.73 Å². The summed E-state index contributed by atoms with van der Waals surface area (Å²) in [6.07, 6.45) is 1.56. The molecule has 2 aromatic carbocycles. The molecular formula is C20H18N4O. The summed E-state index contributed by atoms with van der Waals surface area (Å²) in [6, 6.07) is 16.9. The molecular weight excluding hydrogens is 312 g/mol. The Labute approximate surface area is 146 Å². The first kappa shape index (κ1) is 16.4. The van der Waals surface area contributed by atoms with Crippen molar-refractivity contribution in [3.8, 4) is 11.3 Å². The molecule has 0 fully saturated rings. The predicted molar refractivity (Wildman–Crippen MR) is 101 cm³/mol. The Hall–Kier alpha value is -3.47. The Kier molecular flexibility index (Phi) is 4.57. The molecule has 3 N–H and O–H groups in total. The van der Waals surface area contributed by atoms with Crippen LogP contribution in [-0.2, 0) is 0 Å². The van der Waals surface area contributed by atoms with E-state index in [1.165, 1.54) is 0 Å². The fraction of sp³-hybridized carbons (Fsp3) is 0.0500. The van der Waals surface area contributed by atoms with Crippen molar-refractivity contribution in [2.75, 3.05) is 11.1 Å². The molecule has 0 aliphatic rings. The van der Waals surface area contributed by atoms with Crippen molar-refractivity contribution in [3.05, 3.63) is 78.6 Å². The van der Waals surface area contributed by atoms with Gasteiger partial charge in [0.2, 0.25) is 0 Å². The molecule has 0 saturated heterocycles. The lowest BCUT2D eigenvalue weighted by Crippen LogP contribution is -2.17. The van der Waals surface area contributed by atoms with Crippen LogP contribution in [0.4, 0.5) is 11.5 Å². The number of benzene rings is 2. The summed E-state index contributed by atoms with van der Waals surface area (Å²) in [6.45, 7) is 5.88. The van der Waals surface area contributed by atoms with Crippen LogP contribution in [0.15, 0.2) is 67.4 Å². The number of nitrogen functional groups attached to an aromatic ring is 1. The highest BCUT2D eigenvalue weighted by Crippen LogP contribution is 2.23. The van der Waals surface area contributed by atoms with Gasteiger partial charge in [-0.1, -0.05) is 48.6 Å². The normalized spacial score (nSPS) is 10.3. The van der Waals surface area contributed by atoms with Crippen molar-refractivity contribution in [2.45, 2.75) is 6.92 Å². The van der Waals surface area contributed by atoms with Crippen LogP contribution >= 0.6 is 0 Å². The first-order chi connectivity index (χ1) is 12.0. The molecule has 3 rings (SSSR count). The van der Waals surface area contributed by atoms with Gasteiger partial charge in [0.1, 0.15) is 0 Å². The smallest absolute Gasteiger partial charge is 0.278 e. The number of nitrogens with one attached hydrogen (secondary N) is 1. The molecule has 3 aromatic rings. The quantitative estimate of drug-likeness (QED) is 0.757. The monoisotopic (exact) mass is 330 g/mol. The average molecular weight is 330 g/mol. The van der Waals surface area contributed by atoms with Crippen LogP contribution < -0.4 is 11.1 Å². The first-order valence-electron chi connectivity index (χ1n) is 7.80. The van der Waals surface area contributed by atoms with Crippen LogP contribution in [-0.4, -0.2) is 15.9 Å². The zero-order valence-corrected chi connectivity index (χ0v) is 13.9. The number of allylic oxidation sites excluding steroid dienone is 1. The van der Waals surface area contributed by atoms with Crippen molar-refractivity contribution >= 4 is 23.0 Å². The molecule has 1 amide bonds. The number of aromatic nitrogens is 2.